The molecule has 0 aliphatic carbocycles. The van der Waals surface area contributed by atoms with Crippen LogP contribution in [0.15, 0.2) is 35.4 Å². The van der Waals surface area contributed by atoms with Gasteiger partial charge in [-0.05, 0) is 19.4 Å². The topological polar surface area (TPSA) is 63.1 Å². The molecule has 0 saturated carbocycles. The van der Waals surface area contributed by atoms with Gasteiger partial charge in [0.05, 0.1) is 0 Å². The number of pyridine rings is 1. The van der Waals surface area contributed by atoms with Gasteiger partial charge in [0.15, 0.2) is 11.6 Å². The molecule has 0 aromatic carbocycles. The van der Waals surface area contributed by atoms with Crippen molar-refractivity contribution >= 4 is 11.6 Å². The maximum atomic E-state index is 11.8. The van der Waals surface area contributed by atoms with E-state index < -0.39 is 0 Å². The van der Waals surface area contributed by atoms with Crippen LogP contribution in [0.1, 0.15) is 12.1 Å². The second kappa shape index (κ2) is 6.88. The van der Waals surface area contributed by atoms with Gasteiger partial charge in [-0.3, -0.25) is 4.79 Å². The number of nitrogens with one attached hydrogen (secondary N) is 1. The van der Waals surface area contributed by atoms with Crippen molar-refractivity contribution in [1.29, 1.82) is 0 Å². The second-order valence-electron chi connectivity index (χ2n) is 5.06. The van der Waals surface area contributed by atoms with E-state index in [-0.39, 0.29) is 5.56 Å². The molecule has 112 valence electrons. The minimum Gasteiger partial charge on any atom is -0.367 e. The van der Waals surface area contributed by atoms with Crippen LogP contribution in [0.5, 0.6) is 0 Å². The summed E-state index contributed by atoms with van der Waals surface area (Å²) in [6.07, 6.45) is 4.18. The molecule has 21 heavy (non-hydrogen) atoms. The van der Waals surface area contributed by atoms with E-state index in [1.165, 1.54) is 0 Å². The average molecular weight is 287 g/mol. The molecular formula is C15H21N5O. The van der Waals surface area contributed by atoms with E-state index in [4.69, 9.17) is 0 Å². The summed E-state index contributed by atoms with van der Waals surface area (Å²) in [5, 5.41) is 3.27. The van der Waals surface area contributed by atoms with E-state index in [9.17, 15) is 4.79 Å². The fraction of sp³-hybridized carbons (Fsp3) is 0.400. The Morgan fingerprint density at radius 1 is 1.24 bits per heavy atom. The molecule has 2 rings (SSSR count). The van der Waals surface area contributed by atoms with Crippen molar-refractivity contribution < 1.29 is 0 Å². The first-order valence-corrected chi connectivity index (χ1v) is 6.98. The van der Waals surface area contributed by atoms with Crippen molar-refractivity contribution in [2.24, 2.45) is 0 Å². The third-order valence-electron chi connectivity index (χ3n) is 3.22. The monoisotopic (exact) mass is 287 g/mol. The van der Waals surface area contributed by atoms with E-state index in [0.29, 0.717) is 6.54 Å². The van der Waals surface area contributed by atoms with Gasteiger partial charge in [0.25, 0.3) is 5.56 Å². The Bertz CT molecular complexity index is 651. The van der Waals surface area contributed by atoms with Crippen molar-refractivity contribution in [3.8, 4) is 0 Å². The van der Waals surface area contributed by atoms with Gasteiger partial charge in [0.2, 0.25) is 0 Å². The zero-order chi connectivity index (χ0) is 15.2. The molecule has 0 bridgehead atoms. The molecule has 2 heterocycles. The van der Waals surface area contributed by atoms with Gasteiger partial charge in [0, 0.05) is 51.3 Å². The highest BCUT2D eigenvalue weighted by atomic mass is 16.1. The lowest BCUT2D eigenvalue weighted by Crippen LogP contribution is -2.22. The highest BCUT2D eigenvalue weighted by molar-refractivity contribution is 5.59. The normalized spacial score (nSPS) is 10.4. The van der Waals surface area contributed by atoms with Crippen LogP contribution in [0.3, 0.4) is 0 Å². The average Bonchev–Trinajstić information content (AvgIpc) is 2.46. The summed E-state index contributed by atoms with van der Waals surface area (Å²) in [4.78, 5) is 22.3. The minimum absolute atomic E-state index is 0.0449. The predicted octanol–water partition coefficient (Wildman–Crippen LogP) is 1.51. The van der Waals surface area contributed by atoms with Crippen LogP contribution in [-0.2, 0) is 6.54 Å². The second-order valence-corrected chi connectivity index (χ2v) is 5.06. The standard InChI is InChI=1S/C15H21N5O/c1-12-6-4-7-13(21)20(12)11-5-8-16-14-15(19(2)3)18-10-9-17-14/h4,6-7,9-10H,5,8,11H2,1-3H3,(H,16,17). The van der Waals surface area contributed by atoms with Crippen LogP contribution in [0, 0.1) is 6.92 Å². The van der Waals surface area contributed by atoms with Crippen molar-refractivity contribution in [3.63, 3.8) is 0 Å². The molecule has 0 amide bonds. The molecule has 0 aliphatic rings. The first-order chi connectivity index (χ1) is 10.1. The minimum atomic E-state index is 0.0449. The number of aromatic nitrogens is 3. The van der Waals surface area contributed by atoms with Gasteiger partial charge in [-0.15, -0.1) is 0 Å². The van der Waals surface area contributed by atoms with E-state index in [1.807, 2.05) is 32.0 Å². The quantitative estimate of drug-likeness (QED) is 0.816. The zero-order valence-corrected chi connectivity index (χ0v) is 12.7. The summed E-state index contributed by atoms with van der Waals surface area (Å²) in [6, 6.07) is 5.32. The van der Waals surface area contributed by atoms with Gasteiger partial charge < -0.3 is 14.8 Å². The van der Waals surface area contributed by atoms with E-state index >= 15 is 0 Å². The fourth-order valence-electron chi connectivity index (χ4n) is 2.14. The number of hydrogen-bond acceptors (Lipinski definition) is 5. The molecule has 0 unspecified atom stereocenters. The Morgan fingerprint density at radius 3 is 2.71 bits per heavy atom. The fourth-order valence-corrected chi connectivity index (χ4v) is 2.14. The largest absolute Gasteiger partial charge is 0.367 e. The van der Waals surface area contributed by atoms with E-state index in [2.05, 4.69) is 15.3 Å². The summed E-state index contributed by atoms with van der Waals surface area (Å²) in [6.45, 7) is 3.37. The van der Waals surface area contributed by atoms with Gasteiger partial charge in [0.1, 0.15) is 0 Å². The van der Waals surface area contributed by atoms with Gasteiger partial charge >= 0.3 is 0 Å². The number of anilines is 2. The van der Waals surface area contributed by atoms with Crippen LogP contribution < -0.4 is 15.8 Å². The molecule has 6 heteroatoms. The molecular weight excluding hydrogens is 266 g/mol. The maximum absolute atomic E-state index is 11.8. The number of rotatable bonds is 6. The first kappa shape index (κ1) is 15.0. The van der Waals surface area contributed by atoms with Crippen molar-refractivity contribution in [1.82, 2.24) is 14.5 Å². The Morgan fingerprint density at radius 2 is 2.00 bits per heavy atom. The SMILES string of the molecule is Cc1cccc(=O)n1CCCNc1nccnc1N(C)C. The van der Waals surface area contributed by atoms with Crippen LogP contribution in [0.25, 0.3) is 0 Å². The third kappa shape index (κ3) is 3.81. The molecule has 0 spiro atoms. The molecule has 0 saturated heterocycles. The highest BCUT2D eigenvalue weighted by Crippen LogP contribution is 2.16. The molecule has 0 atom stereocenters. The molecule has 0 aliphatic heterocycles. The first-order valence-electron chi connectivity index (χ1n) is 6.98. The van der Waals surface area contributed by atoms with E-state index in [1.54, 1.807) is 29.1 Å². The summed E-state index contributed by atoms with van der Waals surface area (Å²) >= 11 is 0. The zero-order valence-electron chi connectivity index (χ0n) is 12.7. The lowest BCUT2D eigenvalue weighted by atomic mass is 10.3. The summed E-state index contributed by atoms with van der Waals surface area (Å²) in [5.41, 5.74) is 1.03. The highest BCUT2D eigenvalue weighted by Gasteiger charge is 2.06. The predicted molar refractivity (Wildman–Crippen MR) is 84.9 cm³/mol. The van der Waals surface area contributed by atoms with Crippen LogP contribution >= 0.6 is 0 Å². The summed E-state index contributed by atoms with van der Waals surface area (Å²) < 4.78 is 1.78. The van der Waals surface area contributed by atoms with Crippen LogP contribution in [0.2, 0.25) is 0 Å². The Kier molecular flexibility index (Phi) is 4.92. The molecule has 1 N–H and O–H groups in total. The van der Waals surface area contributed by atoms with Gasteiger partial charge in [-0.1, -0.05) is 6.07 Å². The van der Waals surface area contributed by atoms with Crippen molar-refractivity contribution in [2.45, 2.75) is 19.9 Å². The van der Waals surface area contributed by atoms with Crippen LogP contribution in [0.4, 0.5) is 11.6 Å². The number of aryl methyl sites for hydroxylation is 1. The lowest BCUT2D eigenvalue weighted by Gasteiger charge is -2.16. The van der Waals surface area contributed by atoms with Crippen LogP contribution in [-0.4, -0.2) is 35.2 Å². The molecule has 2 aromatic rings. The molecule has 2 aromatic heterocycles. The molecule has 0 fully saturated rings. The van der Waals surface area contributed by atoms with E-state index in [0.717, 1.165) is 30.3 Å². The number of nitrogens with zero attached hydrogens (tertiary/aromatic N) is 4. The third-order valence-corrected chi connectivity index (χ3v) is 3.22. The smallest absolute Gasteiger partial charge is 0.250 e. The molecule has 6 nitrogen and oxygen atoms in total. The lowest BCUT2D eigenvalue weighted by molar-refractivity contribution is 0.621. The Balaban J connectivity index is 1.92. The van der Waals surface area contributed by atoms with Gasteiger partial charge in [-0.2, -0.15) is 0 Å². The molecule has 0 radical (unpaired) electrons. The maximum Gasteiger partial charge on any atom is 0.250 e. The Labute approximate surface area is 124 Å². The van der Waals surface area contributed by atoms with Gasteiger partial charge in [-0.25, -0.2) is 9.97 Å². The number of hydrogen-bond donors (Lipinski definition) is 1. The summed E-state index contributed by atoms with van der Waals surface area (Å²) in [5.74, 6) is 1.57. The van der Waals surface area contributed by atoms with Crippen molar-refractivity contribution in [3.05, 3.63) is 46.6 Å². The van der Waals surface area contributed by atoms with Crippen molar-refractivity contribution in [2.75, 3.05) is 30.9 Å². The summed E-state index contributed by atoms with van der Waals surface area (Å²) in [7, 11) is 3.87. The Hall–Kier alpha value is -2.37.